The summed E-state index contributed by atoms with van der Waals surface area (Å²) in [5, 5.41) is 2.53. The van der Waals surface area contributed by atoms with E-state index in [4.69, 9.17) is 0 Å². The standard InChI is InChI=1S/C10H7.ClH.Zn/c1-2-6-10-8-4-3-7-9(10)5-1;;/h1-3,5-8H;1H;/q-1;;. The van der Waals surface area contributed by atoms with Crippen molar-refractivity contribution < 1.29 is 19.5 Å². The van der Waals surface area contributed by atoms with E-state index in [9.17, 15) is 0 Å². The molecular weight excluding hydrogens is 221 g/mol. The van der Waals surface area contributed by atoms with Gasteiger partial charge in [0.05, 0.1) is 0 Å². The molecule has 0 aliphatic heterocycles. The van der Waals surface area contributed by atoms with Gasteiger partial charge in [-0.15, -0.1) is 29.2 Å². The average molecular weight is 229 g/mol. The summed E-state index contributed by atoms with van der Waals surface area (Å²) in [6.45, 7) is 0. The van der Waals surface area contributed by atoms with Gasteiger partial charge in [0.2, 0.25) is 0 Å². The molecule has 0 aliphatic rings. The summed E-state index contributed by atoms with van der Waals surface area (Å²) in [5.41, 5.74) is 0. The molecule has 0 fully saturated rings. The molecule has 0 aliphatic carbocycles. The van der Waals surface area contributed by atoms with Crippen molar-refractivity contribution in [2.24, 2.45) is 0 Å². The number of hydrogen-bond donors (Lipinski definition) is 0. The third-order valence-corrected chi connectivity index (χ3v) is 1.59. The summed E-state index contributed by atoms with van der Waals surface area (Å²) in [4.78, 5) is 0. The van der Waals surface area contributed by atoms with E-state index in [-0.39, 0.29) is 31.9 Å². The van der Waals surface area contributed by atoms with Crippen LogP contribution in [0.2, 0.25) is 0 Å². The van der Waals surface area contributed by atoms with Crippen molar-refractivity contribution in [3.8, 4) is 0 Å². The largest absolute Gasteiger partial charge is 0.183 e. The topological polar surface area (TPSA) is 0 Å². The van der Waals surface area contributed by atoms with E-state index < -0.39 is 0 Å². The molecule has 0 bridgehead atoms. The number of rotatable bonds is 0. The second kappa shape index (κ2) is 5.29. The van der Waals surface area contributed by atoms with Crippen molar-refractivity contribution in [1.82, 2.24) is 0 Å². The number of halogens is 1. The van der Waals surface area contributed by atoms with Crippen molar-refractivity contribution in [2.45, 2.75) is 0 Å². The first kappa shape index (κ1) is 11.6. The molecule has 0 saturated carbocycles. The fourth-order valence-electron chi connectivity index (χ4n) is 1.07. The Morgan fingerprint density at radius 3 is 2.25 bits per heavy atom. The number of benzene rings is 2. The van der Waals surface area contributed by atoms with Crippen molar-refractivity contribution in [3.05, 3.63) is 48.5 Å². The summed E-state index contributed by atoms with van der Waals surface area (Å²) < 4.78 is 0. The van der Waals surface area contributed by atoms with Gasteiger partial charge >= 0.3 is 0 Å². The molecule has 2 aromatic carbocycles. The molecule has 0 heterocycles. The first-order valence-electron chi connectivity index (χ1n) is 3.32. The number of hydrogen-bond acceptors (Lipinski definition) is 0. The van der Waals surface area contributed by atoms with Crippen LogP contribution in [-0.2, 0) is 19.5 Å². The summed E-state index contributed by atoms with van der Waals surface area (Å²) in [5.74, 6) is 0. The van der Waals surface area contributed by atoms with Crippen LogP contribution in [0.4, 0.5) is 0 Å². The van der Waals surface area contributed by atoms with Crippen LogP contribution in [0, 0.1) is 6.07 Å². The van der Waals surface area contributed by atoms with E-state index in [0.717, 1.165) is 0 Å². The maximum Gasteiger partial charge on any atom is 0 e. The Kier molecular flexibility index (Phi) is 5.12. The van der Waals surface area contributed by atoms with Crippen molar-refractivity contribution in [3.63, 3.8) is 0 Å². The summed E-state index contributed by atoms with van der Waals surface area (Å²) in [6, 6.07) is 17.3. The van der Waals surface area contributed by atoms with E-state index in [1.54, 1.807) is 0 Å². The second-order valence-corrected chi connectivity index (χ2v) is 2.27. The van der Waals surface area contributed by atoms with E-state index in [0.29, 0.717) is 0 Å². The maximum atomic E-state index is 3.04. The smallest absolute Gasteiger partial charge is 0 e. The number of fused-ring (bicyclic) bond motifs is 1. The summed E-state index contributed by atoms with van der Waals surface area (Å²) in [7, 11) is 0. The molecular formula is C10H8ClZn-. The Labute approximate surface area is 91.1 Å². The molecule has 2 rings (SSSR count). The molecule has 0 amide bonds. The van der Waals surface area contributed by atoms with Gasteiger partial charge in [0, 0.05) is 19.5 Å². The van der Waals surface area contributed by atoms with Gasteiger partial charge in [-0.25, -0.2) is 0 Å². The van der Waals surface area contributed by atoms with Crippen LogP contribution in [-0.4, -0.2) is 0 Å². The van der Waals surface area contributed by atoms with Crippen molar-refractivity contribution >= 4 is 23.2 Å². The Balaban J connectivity index is 0.000000605. The van der Waals surface area contributed by atoms with Crippen LogP contribution in [0.1, 0.15) is 0 Å². The second-order valence-electron chi connectivity index (χ2n) is 2.27. The molecule has 0 nitrogen and oxygen atoms in total. The van der Waals surface area contributed by atoms with Gasteiger partial charge in [-0.3, -0.25) is 0 Å². The summed E-state index contributed by atoms with van der Waals surface area (Å²) >= 11 is 0. The van der Waals surface area contributed by atoms with Crippen LogP contribution >= 0.6 is 12.4 Å². The zero-order valence-electron chi connectivity index (χ0n) is 6.66. The normalized spacial score (nSPS) is 8.33. The molecule has 0 unspecified atom stereocenters. The maximum absolute atomic E-state index is 3.04. The Morgan fingerprint density at radius 2 is 1.58 bits per heavy atom. The molecule has 0 saturated heterocycles. The van der Waals surface area contributed by atoms with Gasteiger partial charge in [-0.05, 0) is 0 Å². The molecule has 0 spiro atoms. The molecule has 0 radical (unpaired) electrons. The quantitative estimate of drug-likeness (QED) is 0.481. The van der Waals surface area contributed by atoms with Crippen LogP contribution in [0.15, 0.2) is 42.5 Å². The molecule has 0 atom stereocenters. The van der Waals surface area contributed by atoms with Crippen LogP contribution in [0.25, 0.3) is 10.8 Å². The SMILES string of the molecule is Cl.[Zn].[c-]1ccc2ccccc2c1. The van der Waals surface area contributed by atoms with Gasteiger partial charge in [-0.1, -0.05) is 18.2 Å². The minimum Gasteiger partial charge on any atom is -0.183 e. The zero-order valence-corrected chi connectivity index (χ0v) is 10.4. The predicted octanol–water partition coefficient (Wildman–Crippen LogP) is 3.06. The van der Waals surface area contributed by atoms with Gasteiger partial charge in [-0.2, -0.15) is 24.3 Å². The van der Waals surface area contributed by atoms with Crippen LogP contribution in [0.5, 0.6) is 0 Å². The minimum atomic E-state index is 0. The predicted molar refractivity (Wildman–Crippen MR) is 50.0 cm³/mol. The Morgan fingerprint density at radius 1 is 0.917 bits per heavy atom. The van der Waals surface area contributed by atoms with Gasteiger partial charge in [0.1, 0.15) is 0 Å². The third-order valence-electron chi connectivity index (χ3n) is 1.59. The van der Waals surface area contributed by atoms with Gasteiger partial charge in [0.15, 0.2) is 0 Å². The van der Waals surface area contributed by atoms with Crippen molar-refractivity contribution in [2.75, 3.05) is 0 Å². The monoisotopic (exact) mass is 227 g/mol. The average Bonchev–Trinajstić information content (AvgIpc) is 2.05. The van der Waals surface area contributed by atoms with Gasteiger partial charge < -0.3 is 0 Å². The molecule has 58 valence electrons. The first-order chi connectivity index (χ1) is 4.97. The van der Waals surface area contributed by atoms with Gasteiger partial charge in [0.25, 0.3) is 0 Å². The third kappa shape index (κ3) is 2.30. The Bertz CT molecular complexity index is 281. The van der Waals surface area contributed by atoms with E-state index >= 15 is 0 Å². The Hall–Kier alpha value is -0.387. The van der Waals surface area contributed by atoms with E-state index in [1.165, 1.54) is 10.8 Å². The fourth-order valence-corrected chi connectivity index (χ4v) is 1.07. The van der Waals surface area contributed by atoms with Crippen LogP contribution < -0.4 is 0 Å². The summed E-state index contributed by atoms with van der Waals surface area (Å²) in [6.07, 6.45) is 0. The molecule has 2 aromatic rings. The van der Waals surface area contributed by atoms with Crippen molar-refractivity contribution in [1.29, 1.82) is 0 Å². The molecule has 2 heteroatoms. The first-order valence-corrected chi connectivity index (χ1v) is 3.32. The van der Waals surface area contributed by atoms with E-state index in [1.807, 2.05) is 24.3 Å². The molecule has 12 heavy (non-hydrogen) atoms. The van der Waals surface area contributed by atoms with Crippen LogP contribution in [0.3, 0.4) is 0 Å². The molecule has 0 N–H and O–H groups in total. The zero-order chi connectivity index (χ0) is 6.81. The molecule has 0 aromatic heterocycles. The van der Waals surface area contributed by atoms with E-state index in [2.05, 4.69) is 24.3 Å². The fraction of sp³-hybridized carbons (Fsp3) is 0. The minimum absolute atomic E-state index is 0.